The number of halogens is 4. The molecule has 0 N–H and O–H groups in total. The van der Waals surface area contributed by atoms with Crippen LogP contribution in [0.3, 0.4) is 0 Å². The van der Waals surface area contributed by atoms with E-state index in [0.717, 1.165) is 6.07 Å². The van der Waals surface area contributed by atoms with Crippen molar-refractivity contribution in [1.82, 2.24) is 0 Å². The van der Waals surface area contributed by atoms with Gasteiger partial charge in [0.25, 0.3) is 0 Å². The molecule has 0 aliphatic heterocycles. The van der Waals surface area contributed by atoms with E-state index in [9.17, 15) is 17.3 Å². The summed E-state index contributed by atoms with van der Waals surface area (Å²) in [5.74, 6) is -1.18. The van der Waals surface area contributed by atoms with Crippen LogP contribution in [0.5, 0.6) is 5.75 Å². The first-order valence-electron chi connectivity index (χ1n) is 4.68. The number of hydrogen-bond donors (Lipinski definition) is 0. The molecule has 0 heterocycles. The van der Waals surface area contributed by atoms with Crippen LogP contribution < -0.4 is 61.6 Å². The van der Waals surface area contributed by atoms with Crippen LogP contribution in [0, 0.1) is 5.82 Å². The van der Waals surface area contributed by atoms with Gasteiger partial charge in [0.1, 0.15) is 6.61 Å². The largest absolute Gasteiger partial charge is 1.00 e. The van der Waals surface area contributed by atoms with Gasteiger partial charge in [-0.25, -0.2) is 4.39 Å². The number of ether oxygens (including phenoxy) is 1. The zero-order valence-electron chi connectivity index (χ0n) is 9.59. The Morgan fingerprint density at radius 1 is 1.29 bits per heavy atom. The molecule has 1 rings (SSSR count). The summed E-state index contributed by atoms with van der Waals surface area (Å²) in [6.45, 7) is -3.35. The normalized spacial score (nSPS) is 11.4. The fourth-order valence-electron chi connectivity index (χ4n) is 1.07. The topological polar surface area (TPSA) is 9.23 Å². The molecule has 17 heavy (non-hydrogen) atoms. The molecule has 0 aliphatic carbocycles. The van der Waals surface area contributed by atoms with Gasteiger partial charge in [-0.2, -0.15) is 0 Å². The molecule has 0 radical (unpaired) electrons. The second-order valence-electron chi connectivity index (χ2n) is 3.14. The van der Waals surface area contributed by atoms with Gasteiger partial charge in [-0.3, -0.25) is 0 Å². The zero-order chi connectivity index (χ0) is 12.2. The van der Waals surface area contributed by atoms with Gasteiger partial charge < -0.3 is 17.7 Å². The summed E-state index contributed by atoms with van der Waals surface area (Å²) in [6, 6.07) is 2.15. The molecular formula is C10H10BF4KO. The molecule has 0 unspecified atom stereocenters. The maximum Gasteiger partial charge on any atom is 1.00 e. The average molecular weight is 272 g/mol. The number of rotatable bonds is 4. The van der Waals surface area contributed by atoms with Gasteiger partial charge in [0, 0.05) is 0 Å². The van der Waals surface area contributed by atoms with Crippen molar-refractivity contribution in [3.63, 3.8) is 0 Å². The minimum Gasteiger partial charge on any atom is -0.487 e. The Balaban J connectivity index is 0.00000256. The quantitative estimate of drug-likeness (QED) is 0.420. The van der Waals surface area contributed by atoms with Crippen LogP contribution in [-0.4, -0.2) is 13.6 Å². The van der Waals surface area contributed by atoms with E-state index in [1.54, 1.807) is 19.1 Å². The van der Waals surface area contributed by atoms with Crippen LogP contribution in [0.1, 0.15) is 6.92 Å². The van der Waals surface area contributed by atoms with E-state index in [-0.39, 0.29) is 63.7 Å². The van der Waals surface area contributed by atoms with Crippen molar-refractivity contribution in [1.29, 1.82) is 0 Å². The SMILES string of the molecule is C/C=C/COc1cc([B-](F)(F)F)ccc1F.[K+]. The van der Waals surface area contributed by atoms with Crippen molar-refractivity contribution in [2.45, 2.75) is 6.92 Å². The third-order valence-electron chi connectivity index (χ3n) is 1.90. The van der Waals surface area contributed by atoms with E-state index in [0.29, 0.717) is 12.1 Å². The fourth-order valence-corrected chi connectivity index (χ4v) is 1.07. The molecule has 0 fully saturated rings. The molecule has 0 saturated heterocycles. The standard InChI is InChI=1S/C10H10BF4O.K/c1-2-3-6-16-10-7-8(11(13,14)15)4-5-9(10)12;/h2-5,7H,6H2,1H3;/q-1;+1/b3-2+;. The molecule has 0 bridgehead atoms. The van der Waals surface area contributed by atoms with E-state index in [2.05, 4.69) is 0 Å². The van der Waals surface area contributed by atoms with Crippen LogP contribution in [-0.2, 0) is 0 Å². The Morgan fingerprint density at radius 3 is 2.47 bits per heavy atom. The summed E-state index contributed by atoms with van der Waals surface area (Å²) in [4.78, 5) is 0. The fraction of sp³-hybridized carbons (Fsp3) is 0.200. The summed E-state index contributed by atoms with van der Waals surface area (Å²) < 4.78 is 55.0. The zero-order valence-corrected chi connectivity index (χ0v) is 12.7. The Bertz CT molecular complexity index is 392. The van der Waals surface area contributed by atoms with Gasteiger partial charge in [0.05, 0.1) is 0 Å². The van der Waals surface area contributed by atoms with Crippen molar-refractivity contribution in [3.8, 4) is 5.75 Å². The summed E-state index contributed by atoms with van der Waals surface area (Å²) in [7, 11) is 0. The smallest absolute Gasteiger partial charge is 0.487 e. The van der Waals surface area contributed by atoms with E-state index < -0.39 is 18.3 Å². The summed E-state index contributed by atoms with van der Waals surface area (Å²) in [5.41, 5.74) is -0.864. The molecular weight excluding hydrogens is 262 g/mol. The average Bonchev–Trinajstić information content (AvgIpc) is 2.19. The number of benzene rings is 1. The maximum absolute atomic E-state index is 13.1. The Kier molecular flexibility index (Phi) is 7.66. The first-order chi connectivity index (χ1) is 7.45. The van der Waals surface area contributed by atoms with Gasteiger partial charge >= 0.3 is 58.4 Å². The van der Waals surface area contributed by atoms with Crippen LogP contribution in [0.25, 0.3) is 0 Å². The monoisotopic (exact) mass is 272 g/mol. The van der Waals surface area contributed by atoms with Crippen molar-refractivity contribution < 1.29 is 73.5 Å². The summed E-state index contributed by atoms with van der Waals surface area (Å²) in [6.07, 6.45) is 3.24. The van der Waals surface area contributed by atoms with Crippen LogP contribution in [0.15, 0.2) is 30.4 Å². The minimum absolute atomic E-state index is 0. The van der Waals surface area contributed by atoms with Crippen molar-refractivity contribution in [2.24, 2.45) is 0 Å². The van der Waals surface area contributed by atoms with Gasteiger partial charge in [0.15, 0.2) is 11.6 Å². The van der Waals surface area contributed by atoms with E-state index in [1.165, 1.54) is 0 Å². The van der Waals surface area contributed by atoms with Crippen molar-refractivity contribution in [3.05, 3.63) is 36.2 Å². The first-order valence-corrected chi connectivity index (χ1v) is 4.68. The first kappa shape index (κ1) is 17.2. The molecule has 0 saturated carbocycles. The van der Waals surface area contributed by atoms with Gasteiger partial charge in [0.2, 0.25) is 0 Å². The Hall–Kier alpha value is 0.181. The van der Waals surface area contributed by atoms with E-state index in [4.69, 9.17) is 4.74 Å². The molecule has 0 atom stereocenters. The van der Waals surface area contributed by atoms with Gasteiger partial charge in [-0.1, -0.05) is 18.2 Å². The summed E-state index contributed by atoms with van der Waals surface area (Å²) >= 11 is 0. The number of allylic oxidation sites excluding steroid dienone is 1. The Morgan fingerprint density at radius 2 is 1.94 bits per heavy atom. The van der Waals surface area contributed by atoms with Crippen LogP contribution in [0.2, 0.25) is 0 Å². The Labute approximate surface area is 140 Å². The summed E-state index contributed by atoms with van der Waals surface area (Å²) in [5, 5.41) is 0. The molecule has 1 nitrogen and oxygen atoms in total. The second-order valence-corrected chi connectivity index (χ2v) is 3.14. The van der Waals surface area contributed by atoms with Crippen molar-refractivity contribution >= 4 is 12.4 Å². The molecule has 0 aliphatic rings. The second kappa shape index (κ2) is 7.58. The molecule has 0 spiro atoms. The molecule has 0 amide bonds. The van der Waals surface area contributed by atoms with E-state index in [1.807, 2.05) is 0 Å². The number of hydrogen-bond acceptors (Lipinski definition) is 1. The van der Waals surface area contributed by atoms with Gasteiger partial charge in [-0.05, 0) is 19.1 Å². The molecule has 1 aromatic rings. The van der Waals surface area contributed by atoms with Crippen LogP contribution >= 0.6 is 0 Å². The van der Waals surface area contributed by atoms with E-state index >= 15 is 0 Å². The molecule has 88 valence electrons. The molecule has 1 aromatic carbocycles. The van der Waals surface area contributed by atoms with Gasteiger partial charge in [-0.15, -0.1) is 5.46 Å². The van der Waals surface area contributed by atoms with Crippen molar-refractivity contribution in [2.75, 3.05) is 6.61 Å². The molecule has 7 heteroatoms. The third kappa shape index (κ3) is 5.57. The predicted molar refractivity (Wildman–Crippen MR) is 55.4 cm³/mol. The third-order valence-corrected chi connectivity index (χ3v) is 1.90. The molecule has 0 aromatic heterocycles. The maximum atomic E-state index is 13.1. The predicted octanol–water partition coefficient (Wildman–Crippen LogP) is -0.161. The minimum atomic E-state index is -5.13. The van der Waals surface area contributed by atoms with Crippen LogP contribution in [0.4, 0.5) is 17.3 Å².